The van der Waals surface area contributed by atoms with Crippen LogP contribution in [-0.2, 0) is 9.53 Å². The average Bonchev–Trinajstić information content (AvgIpc) is 2.27. The van der Waals surface area contributed by atoms with E-state index in [-0.39, 0.29) is 5.97 Å². The van der Waals surface area contributed by atoms with Crippen molar-refractivity contribution in [2.45, 2.75) is 45.1 Å². The van der Waals surface area contributed by atoms with Crippen molar-refractivity contribution in [3.05, 3.63) is 0 Å². The van der Waals surface area contributed by atoms with Crippen molar-refractivity contribution in [2.24, 2.45) is 11.7 Å². The first-order chi connectivity index (χ1) is 7.95. The van der Waals surface area contributed by atoms with Crippen molar-refractivity contribution in [3.63, 3.8) is 0 Å². The summed E-state index contributed by atoms with van der Waals surface area (Å²) in [5, 5.41) is 0. The molecule has 0 bridgehead atoms. The second-order valence-electron chi connectivity index (χ2n) is 5.56. The molecule has 0 aromatic carbocycles. The lowest BCUT2D eigenvalue weighted by molar-refractivity contribution is -0.146. The molecule has 4 nitrogen and oxygen atoms in total. The molecule has 0 amide bonds. The number of rotatable bonds is 5. The summed E-state index contributed by atoms with van der Waals surface area (Å²) in [6.45, 7) is 7.45. The van der Waals surface area contributed by atoms with E-state index in [1.54, 1.807) is 6.92 Å². The standard InChI is InChI=1S/C13H26N2O2/c1-11-6-4-8-15(10-11)9-5-7-13(2,14)12(16)17-3/h11H,4-10,14H2,1-3H3. The number of carbonyl (C=O) groups excluding carboxylic acids is 1. The SMILES string of the molecule is COC(=O)C(C)(N)CCCN1CCCC(C)C1. The van der Waals surface area contributed by atoms with E-state index in [0.717, 1.165) is 18.9 Å². The zero-order chi connectivity index (χ0) is 12.9. The van der Waals surface area contributed by atoms with E-state index in [9.17, 15) is 4.79 Å². The smallest absolute Gasteiger partial charge is 0.325 e. The first kappa shape index (κ1) is 14.5. The maximum atomic E-state index is 11.4. The minimum absolute atomic E-state index is 0.315. The minimum atomic E-state index is -0.837. The third-order valence-corrected chi connectivity index (χ3v) is 3.56. The summed E-state index contributed by atoms with van der Waals surface area (Å²) in [5.74, 6) is 0.484. The van der Waals surface area contributed by atoms with Gasteiger partial charge in [-0.2, -0.15) is 0 Å². The topological polar surface area (TPSA) is 55.6 Å². The second kappa shape index (κ2) is 6.36. The Morgan fingerprint density at radius 3 is 2.88 bits per heavy atom. The van der Waals surface area contributed by atoms with Crippen LogP contribution >= 0.6 is 0 Å². The molecule has 2 unspecified atom stereocenters. The van der Waals surface area contributed by atoms with Gasteiger partial charge in [0, 0.05) is 6.54 Å². The Balaban J connectivity index is 2.25. The highest BCUT2D eigenvalue weighted by molar-refractivity contribution is 5.79. The number of likely N-dealkylation sites (tertiary alicyclic amines) is 1. The van der Waals surface area contributed by atoms with E-state index in [4.69, 9.17) is 10.5 Å². The quantitative estimate of drug-likeness (QED) is 0.740. The molecule has 0 saturated carbocycles. The van der Waals surface area contributed by atoms with Crippen molar-refractivity contribution >= 4 is 5.97 Å². The van der Waals surface area contributed by atoms with Gasteiger partial charge in [0.15, 0.2) is 0 Å². The van der Waals surface area contributed by atoms with E-state index >= 15 is 0 Å². The molecule has 0 aliphatic carbocycles. The van der Waals surface area contributed by atoms with Crippen LogP contribution in [0.15, 0.2) is 0 Å². The first-order valence-electron chi connectivity index (χ1n) is 6.55. The number of nitrogens with zero attached hydrogens (tertiary/aromatic N) is 1. The molecule has 0 radical (unpaired) electrons. The number of methoxy groups -OCH3 is 1. The van der Waals surface area contributed by atoms with Crippen LogP contribution in [0, 0.1) is 5.92 Å². The van der Waals surface area contributed by atoms with E-state index in [1.807, 2.05) is 0 Å². The molecule has 1 aliphatic rings. The summed E-state index contributed by atoms with van der Waals surface area (Å²) in [5.41, 5.74) is 5.08. The van der Waals surface area contributed by atoms with Crippen molar-refractivity contribution in [3.8, 4) is 0 Å². The summed E-state index contributed by atoms with van der Waals surface area (Å²) in [4.78, 5) is 13.9. The molecule has 100 valence electrons. The van der Waals surface area contributed by atoms with Crippen LogP contribution in [0.4, 0.5) is 0 Å². The normalized spacial score (nSPS) is 25.3. The molecular formula is C13H26N2O2. The lowest BCUT2D eigenvalue weighted by Crippen LogP contribution is -2.46. The van der Waals surface area contributed by atoms with Gasteiger partial charge in [0.2, 0.25) is 0 Å². The van der Waals surface area contributed by atoms with E-state index < -0.39 is 5.54 Å². The van der Waals surface area contributed by atoms with Gasteiger partial charge in [-0.1, -0.05) is 6.92 Å². The van der Waals surface area contributed by atoms with Gasteiger partial charge in [-0.05, 0) is 51.6 Å². The molecule has 2 atom stereocenters. The first-order valence-corrected chi connectivity index (χ1v) is 6.55. The summed E-state index contributed by atoms with van der Waals surface area (Å²) in [6, 6.07) is 0. The Bertz CT molecular complexity index is 254. The van der Waals surface area contributed by atoms with Gasteiger partial charge in [-0.25, -0.2) is 0 Å². The number of esters is 1. The molecule has 2 N–H and O–H groups in total. The Hall–Kier alpha value is -0.610. The van der Waals surface area contributed by atoms with Crippen molar-refractivity contribution in [1.29, 1.82) is 0 Å². The van der Waals surface area contributed by atoms with Crippen molar-refractivity contribution in [2.75, 3.05) is 26.7 Å². The fourth-order valence-electron chi connectivity index (χ4n) is 2.49. The third kappa shape index (κ3) is 4.64. The highest BCUT2D eigenvalue weighted by Gasteiger charge is 2.29. The highest BCUT2D eigenvalue weighted by atomic mass is 16.5. The molecule has 1 heterocycles. The Labute approximate surface area is 104 Å². The summed E-state index contributed by atoms with van der Waals surface area (Å²) >= 11 is 0. The maximum absolute atomic E-state index is 11.4. The fraction of sp³-hybridized carbons (Fsp3) is 0.923. The van der Waals surface area contributed by atoms with Gasteiger partial charge in [0.05, 0.1) is 7.11 Å². The van der Waals surface area contributed by atoms with Gasteiger partial charge in [-0.3, -0.25) is 4.79 Å². The second-order valence-corrected chi connectivity index (χ2v) is 5.56. The largest absolute Gasteiger partial charge is 0.468 e. The molecule has 0 aromatic rings. The third-order valence-electron chi connectivity index (χ3n) is 3.56. The molecule has 17 heavy (non-hydrogen) atoms. The maximum Gasteiger partial charge on any atom is 0.325 e. The predicted molar refractivity (Wildman–Crippen MR) is 68.7 cm³/mol. The van der Waals surface area contributed by atoms with E-state index in [2.05, 4.69) is 11.8 Å². The molecule has 0 aromatic heterocycles. The number of hydrogen-bond acceptors (Lipinski definition) is 4. The molecule has 0 spiro atoms. The summed E-state index contributed by atoms with van der Waals surface area (Å²) < 4.78 is 4.70. The van der Waals surface area contributed by atoms with Crippen LogP contribution in [0.2, 0.25) is 0 Å². The Morgan fingerprint density at radius 1 is 1.59 bits per heavy atom. The van der Waals surface area contributed by atoms with Gasteiger partial charge >= 0.3 is 5.97 Å². The van der Waals surface area contributed by atoms with Crippen molar-refractivity contribution in [1.82, 2.24) is 4.90 Å². The van der Waals surface area contributed by atoms with Crippen LogP contribution < -0.4 is 5.73 Å². The summed E-state index contributed by atoms with van der Waals surface area (Å²) in [6.07, 6.45) is 4.27. The van der Waals surface area contributed by atoms with Gasteiger partial charge in [0.25, 0.3) is 0 Å². The Kier molecular flexibility index (Phi) is 5.40. The fourth-order valence-corrected chi connectivity index (χ4v) is 2.49. The Morgan fingerprint density at radius 2 is 2.29 bits per heavy atom. The van der Waals surface area contributed by atoms with E-state index in [0.29, 0.717) is 6.42 Å². The number of hydrogen-bond donors (Lipinski definition) is 1. The zero-order valence-corrected chi connectivity index (χ0v) is 11.4. The van der Waals surface area contributed by atoms with Crippen molar-refractivity contribution < 1.29 is 9.53 Å². The van der Waals surface area contributed by atoms with Crippen LogP contribution in [0.5, 0.6) is 0 Å². The minimum Gasteiger partial charge on any atom is -0.468 e. The van der Waals surface area contributed by atoms with Crippen LogP contribution in [0.25, 0.3) is 0 Å². The molecule has 4 heteroatoms. The lowest BCUT2D eigenvalue weighted by Gasteiger charge is -2.31. The number of carbonyl (C=O) groups is 1. The number of nitrogens with two attached hydrogens (primary N) is 1. The molecule has 1 saturated heterocycles. The van der Waals surface area contributed by atoms with Crippen LogP contribution in [-0.4, -0.2) is 43.2 Å². The predicted octanol–water partition coefficient (Wildman–Crippen LogP) is 1.39. The zero-order valence-electron chi connectivity index (χ0n) is 11.4. The van der Waals surface area contributed by atoms with Gasteiger partial charge in [-0.15, -0.1) is 0 Å². The number of piperidine rings is 1. The average molecular weight is 242 g/mol. The monoisotopic (exact) mass is 242 g/mol. The van der Waals surface area contributed by atoms with Crippen LogP contribution in [0.3, 0.4) is 0 Å². The summed E-state index contributed by atoms with van der Waals surface area (Å²) in [7, 11) is 1.39. The molecule has 1 fully saturated rings. The van der Waals surface area contributed by atoms with Gasteiger partial charge < -0.3 is 15.4 Å². The van der Waals surface area contributed by atoms with Crippen LogP contribution in [0.1, 0.15) is 39.5 Å². The lowest BCUT2D eigenvalue weighted by atomic mass is 9.96. The highest BCUT2D eigenvalue weighted by Crippen LogP contribution is 2.17. The molecule has 1 aliphatic heterocycles. The van der Waals surface area contributed by atoms with Gasteiger partial charge in [0.1, 0.15) is 5.54 Å². The molecular weight excluding hydrogens is 216 g/mol. The molecule has 1 rings (SSSR count). The number of ether oxygens (including phenoxy) is 1. The van der Waals surface area contributed by atoms with E-state index in [1.165, 1.54) is 33.0 Å².